The zero-order valence-corrected chi connectivity index (χ0v) is 24.7. The lowest BCUT2D eigenvalue weighted by atomic mass is 10.1. The van der Waals surface area contributed by atoms with E-state index in [1.807, 2.05) is 31.2 Å². The topological polar surface area (TPSA) is 96.0 Å². The quantitative estimate of drug-likeness (QED) is 0.292. The van der Waals surface area contributed by atoms with Gasteiger partial charge in [-0.2, -0.15) is 0 Å². The van der Waals surface area contributed by atoms with Gasteiger partial charge in [0.15, 0.2) is 0 Å². The van der Waals surface area contributed by atoms with Gasteiger partial charge in [0.1, 0.15) is 18.3 Å². The fourth-order valence-corrected chi connectivity index (χ4v) is 5.88. The third-order valence-corrected chi connectivity index (χ3v) is 8.27. The van der Waals surface area contributed by atoms with Gasteiger partial charge in [0.25, 0.3) is 10.0 Å². The van der Waals surface area contributed by atoms with Gasteiger partial charge >= 0.3 is 0 Å². The molecule has 0 spiro atoms. The molecule has 0 heterocycles. The largest absolute Gasteiger partial charge is 0.492 e. The Kier molecular flexibility index (Phi) is 10.9. The number of nitrogens with zero attached hydrogens (tertiary/aromatic N) is 2. The smallest absolute Gasteiger partial charge is 0.264 e. The summed E-state index contributed by atoms with van der Waals surface area (Å²) in [6.07, 6.45) is 0.745. The molecule has 39 heavy (non-hydrogen) atoms. The van der Waals surface area contributed by atoms with Crippen LogP contribution in [0.1, 0.15) is 32.8 Å². The molecule has 10 heteroatoms. The lowest BCUT2D eigenvalue weighted by Crippen LogP contribution is -2.51. The number of nitrogens with one attached hydrogen (secondary N) is 1. The molecule has 0 saturated heterocycles. The van der Waals surface area contributed by atoms with Crippen LogP contribution in [-0.2, 0) is 26.2 Å². The van der Waals surface area contributed by atoms with Crippen LogP contribution in [-0.4, -0.2) is 50.9 Å². The van der Waals surface area contributed by atoms with Gasteiger partial charge in [0.2, 0.25) is 11.8 Å². The first-order chi connectivity index (χ1) is 18.7. The molecular weight excluding hydrogens is 582 g/mol. The predicted molar refractivity (Wildman–Crippen MR) is 156 cm³/mol. The molecule has 3 rings (SSSR count). The van der Waals surface area contributed by atoms with Gasteiger partial charge in [0, 0.05) is 17.6 Å². The number of hydrogen-bond donors (Lipinski definition) is 1. The van der Waals surface area contributed by atoms with Crippen molar-refractivity contribution in [3.8, 4) is 5.75 Å². The predicted octanol–water partition coefficient (Wildman–Crippen LogP) is 4.99. The average molecular weight is 617 g/mol. The normalized spacial score (nSPS) is 11.9. The molecule has 0 bridgehead atoms. The molecule has 1 atom stereocenters. The second-order valence-corrected chi connectivity index (χ2v) is 11.6. The van der Waals surface area contributed by atoms with E-state index in [-0.39, 0.29) is 23.0 Å². The van der Waals surface area contributed by atoms with E-state index in [1.54, 1.807) is 56.3 Å². The van der Waals surface area contributed by atoms with Crippen molar-refractivity contribution in [2.45, 2.75) is 44.7 Å². The SMILES string of the molecule is CCCNC(=O)[C@@H](C)N(Cc1cccc(Br)c1)C(=O)CN(c1ccccc1OCC)S(=O)(=O)c1ccccc1. The molecule has 8 nitrogen and oxygen atoms in total. The highest BCUT2D eigenvalue weighted by Gasteiger charge is 2.33. The summed E-state index contributed by atoms with van der Waals surface area (Å²) in [4.78, 5) is 28.4. The Morgan fingerprint density at radius 2 is 1.67 bits per heavy atom. The van der Waals surface area contributed by atoms with Crippen LogP contribution in [0.3, 0.4) is 0 Å². The first-order valence-electron chi connectivity index (χ1n) is 12.8. The summed E-state index contributed by atoms with van der Waals surface area (Å²) in [5.41, 5.74) is 1.03. The van der Waals surface area contributed by atoms with Gasteiger partial charge in [-0.15, -0.1) is 0 Å². The molecule has 3 aromatic carbocycles. The van der Waals surface area contributed by atoms with Crippen LogP contribution in [0.25, 0.3) is 0 Å². The summed E-state index contributed by atoms with van der Waals surface area (Å²) in [5, 5.41) is 2.84. The zero-order valence-electron chi connectivity index (χ0n) is 22.3. The summed E-state index contributed by atoms with van der Waals surface area (Å²) in [6, 6.07) is 21.2. The Morgan fingerprint density at radius 3 is 2.33 bits per heavy atom. The minimum atomic E-state index is -4.17. The second-order valence-electron chi connectivity index (χ2n) is 8.84. The standard InChI is InChI=1S/C29H34BrN3O5S/c1-4-18-31-29(35)22(3)32(20-23-12-11-13-24(30)19-23)28(34)21-33(26-16-9-10-17-27(26)38-5-2)39(36,37)25-14-7-6-8-15-25/h6-17,19,22H,4-5,18,20-21H2,1-3H3,(H,31,35)/t22-/m1/s1. The van der Waals surface area contributed by atoms with Crippen molar-refractivity contribution in [2.24, 2.45) is 0 Å². The van der Waals surface area contributed by atoms with Crippen molar-refractivity contribution in [2.75, 3.05) is 24.0 Å². The number of anilines is 1. The number of sulfonamides is 1. The van der Waals surface area contributed by atoms with Crippen molar-refractivity contribution in [1.82, 2.24) is 10.2 Å². The first kappa shape index (κ1) is 30.2. The molecule has 208 valence electrons. The second kappa shape index (κ2) is 14.1. The van der Waals surface area contributed by atoms with E-state index in [0.717, 1.165) is 20.8 Å². The maximum Gasteiger partial charge on any atom is 0.264 e. The number of para-hydroxylation sites is 2. The Balaban J connectivity index is 2.06. The number of rotatable bonds is 13. The van der Waals surface area contributed by atoms with Crippen molar-refractivity contribution >= 4 is 43.5 Å². The monoisotopic (exact) mass is 615 g/mol. The minimum absolute atomic E-state index is 0.0383. The summed E-state index contributed by atoms with van der Waals surface area (Å²) in [5.74, 6) is -0.508. The summed E-state index contributed by atoms with van der Waals surface area (Å²) >= 11 is 3.45. The van der Waals surface area contributed by atoms with Crippen LogP contribution >= 0.6 is 15.9 Å². The van der Waals surface area contributed by atoms with Crippen molar-refractivity contribution in [3.63, 3.8) is 0 Å². The van der Waals surface area contributed by atoms with Crippen LogP contribution in [0, 0.1) is 0 Å². The Labute approximate surface area is 239 Å². The van der Waals surface area contributed by atoms with Gasteiger partial charge < -0.3 is 15.0 Å². The van der Waals surface area contributed by atoms with E-state index >= 15 is 0 Å². The molecule has 0 fully saturated rings. The third-order valence-electron chi connectivity index (χ3n) is 6.00. The first-order valence-corrected chi connectivity index (χ1v) is 15.0. The molecule has 1 N–H and O–H groups in total. The van der Waals surface area contributed by atoms with Crippen molar-refractivity contribution < 1.29 is 22.7 Å². The van der Waals surface area contributed by atoms with Gasteiger partial charge in [-0.1, -0.05) is 65.3 Å². The Bertz CT molecular complexity index is 1370. The molecule has 0 radical (unpaired) electrons. The minimum Gasteiger partial charge on any atom is -0.492 e. The van der Waals surface area contributed by atoms with E-state index in [1.165, 1.54) is 17.0 Å². The zero-order chi connectivity index (χ0) is 28.4. The maximum absolute atomic E-state index is 14.0. The van der Waals surface area contributed by atoms with E-state index in [2.05, 4.69) is 21.2 Å². The van der Waals surface area contributed by atoms with E-state index in [9.17, 15) is 18.0 Å². The van der Waals surface area contributed by atoms with Gasteiger partial charge in [0.05, 0.1) is 17.2 Å². The highest BCUT2D eigenvalue weighted by atomic mass is 79.9. The van der Waals surface area contributed by atoms with Gasteiger partial charge in [-0.3, -0.25) is 13.9 Å². The van der Waals surface area contributed by atoms with E-state index in [4.69, 9.17) is 4.74 Å². The van der Waals surface area contributed by atoms with E-state index in [0.29, 0.717) is 18.9 Å². The van der Waals surface area contributed by atoms with Gasteiger partial charge in [-0.25, -0.2) is 8.42 Å². The molecule has 0 aromatic heterocycles. The summed E-state index contributed by atoms with van der Waals surface area (Å²) in [7, 11) is -4.17. The van der Waals surface area contributed by atoms with Crippen LogP contribution < -0.4 is 14.4 Å². The summed E-state index contributed by atoms with van der Waals surface area (Å²) < 4.78 is 35.4. The fraction of sp³-hybridized carbons (Fsp3) is 0.310. The van der Waals surface area contributed by atoms with Crippen LogP contribution in [0.2, 0.25) is 0 Å². The number of hydrogen-bond acceptors (Lipinski definition) is 5. The number of benzene rings is 3. The molecule has 0 saturated carbocycles. The van der Waals surface area contributed by atoms with Crippen LogP contribution in [0.5, 0.6) is 5.75 Å². The summed E-state index contributed by atoms with van der Waals surface area (Å²) in [6.45, 7) is 5.76. The Morgan fingerprint density at radius 1 is 0.974 bits per heavy atom. The highest BCUT2D eigenvalue weighted by molar-refractivity contribution is 9.10. The Hall–Kier alpha value is -3.37. The third kappa shape index (κ3) is 7.83. The molecule has 2 amide bonds. The molecule has 0 aliphatic rings. The fourth-order valence-electron chi connectivity index (χ4n) is 3.98. The van der Waals surface area contributed by atoms with E-state index < -0.39 is 28.5 Å². The average Bonchev–Trinajstić information content (AvgIpc) is 2.94. The molecular formula is C29H34BrN3O5S. The maximum atomic E-state index is 14.0. The van der Waals surface area contributed by atoms with Crippen molar-refractivity contribution in [3.05, 3.63) is 88.9 Å². The number of carbonyl (C=O) groups is 2. The molecule has 0 aliphatic carbocycles. The number of amides is 2. The number of carbonyl (C=O) groups excluding carboxylic acids is 2. The molecule has 0 aliphatic heterocycles. The lowest BCUT2D eigenvalue weighted by Gasteiger charge is -2.32. The van der Waals surface area contributed by atoms with Crippen LogP contribution in [0.15, 0.2) is 88.2 Å². The number of ether oxygens (including phenoxy) is 1. The highest BCUT2D eigenvalue weighted by Crippen LogP contribution is 2.33. The number of halogens is 1. The van der Waals surface area contributed by atoms with Crippen molar-refractivity contribution in [1.29, 1.82) is 0 Å². The molecule has 0 unspecified atom stereocenters. The van der Waals surface area contributed by atoms with Crippen LogP contribution in [0.4, 0.5) is 5.69 Å². The molecule has 3 aromatic rings. The lowest BCUT2D eigenvalue weighted by molar-refractivity contribution is -0.139. The van der Waals surface area contributed by atoms with Gasteiger partial charge in [-0.05, 0) is 62.2 Å².